The van der Waals surface area contributed by atoms with Crippen molar-refractivity contribution in [1.82, 2.24) is 15.0 Å². The second kappa shape index (κ2) is 6.75. The lowest BCUT2D eigenvalue weighted by Crippen LogP contribution is -2.00. The molecule has 0 amide bonds. The maximum absolute atomic E-state index is 6.26. The summed E-state index contributed by atoms with van der Waals surface area (Å²) in [4.78, 5) is 0. The van der Waals surface area contributed by atoms with Crippen molar-refractivity contribution in [3.63, 3.8) is 0 Å². The third-order valence-corrected chi connectivity index (χ3v) is 4.07. The maximum atomic E-state index is 6.26. The topological polar surface area (TPSA) is 30.7 Å². The predicted molar refractivity (Wildman–Crippen MR) is 89.1 cm³/mol. The van der Waals surface area contributed by atoms with Crippen molar-refractivity contribution in [2.24, 2.45) is 0 Å². The minimum absolute atomic E-state index is 0.315. The van der Waals surface area contributed by atoms with E-state index in [-0.39, 0.29) is 0 Å². The molecule has 0 saturated carbocycles. The van der Waals surface area contributed by atoms with Gasteiger partial charge in [-0.05, 0) is 29.5 Å². The first-order valence-electron chi connectivity index (χ1n) is 7.40. The molecule has 1 atom stereocenters. The van der Waals surface area contributed by atoms with Crippen LogP contribution in [0.2, 0.25) is 5.02 Å². The molecule has 0 aliphatic heterocycles. The summed E-state index contributed by atoms with van der Waals surface area (Å²) in [5.41, 5.74) is 3.36. The van der Waals surface area contributed by atoms with Gasteiger partial charge in [-0.1, -0.05) is 72.3 Å². The molecule has 4 heteroatoms. The van der Waals surface area contributed by atoms with Crippen LogP contribution in [-0.4, -0.2) is 15.0 Å². The number of hydrogen-bond donors (Lipinski definition) is 0. The molecule has 0 N–H and O–H groups in total. The fourth-order valence-corrected chi connectivity index (χ4v) is 2.90. The molecule has 1 unspecified atom stereocenters. The summed E-state index contributed by atoms with van der Waals surface area (Å²) >= 11 is 6.26. The van der Waals surface area contributed by atoms with Gasteiger partial charge in [-0.2, -0.15) is 0 Å². The zero-order chi connectivity index (χ0) is 15.4. The van der Waals surface area contributed by atoms with Crippen molar-refractivity contribution in [1.29, 1.82) is 0 Å². The average molecular weight is 312 g/mol. The smallest absolute Gasteiger partial charge is 0.0833 e. The van der Waals surface area contributed by atoms with E-state index in [2.05, 4.69) is 35.4 Å². The van der Waals surface area contributed by atoms with Gasteiger partial charge in [0.25, 0.3) is 0 Å². The highest BCUT2D eigenvalue weighted by molar-refractivity contribution is 6.31. The van der Waals surface area contributed by atoms with Gasteiger partial charge in [0.1, 0.15) is 0 Å². The molecule has 3 aromatic rings. The van der Waals surface area contributed by atoms with Crippen molar-refractivity contribution in [2.75, 3.05) is 0 Å². The van der Waals surface area contributed by atoms with E-state index in [1.807, 2.05) is 47.3 Å². The molecule has 0 spiro atoms. The molecule has 0 radical (unpaired) electrons. The molecule has 22 heavy (non-hydrogen) atoms. The Hall–Kier alpha value is -2.13. The Balaban J connectivity index is 1.68. The van der Waals surface area contributed by atoms with E-state index >= 15 is 0 Å². The molecule has 3 nitrogen and oxygen atoms in total. The Labute approximate surface area is 135 Å². The molecule has 1 heterocycles. The highest BCUT2D eigenvalue weighted by atomic mass is 35.5. The molecule has 0 fully saturated rings. The molecule has 0 bridgehead atoms. The van der Waals surface area contributed by atoms with E-state index in [9.17, 15) is 0 Å². The Morgan fingerprint density at radius 3 is 2.55 bits per heavy atom. The Morgan fingerprint density at radius 1 is 1.05 bits per heavy atom. The number of nitrogens with zero attached hydrogens (tertiary/aromatic N) is 3. The van der Waals surface area contributed by atoms with E-state index in [1.165, 1.54) is 5.56 Å². The average Bonchev–Trinajstić information content (AvgIpc) is 2.95. The van der Waals surface area contributed by atoms with Crippen molar-refractivity contribution < 1.29 is 0 Å². The molecular weight excluding hydrogens is 294 g/mol. The van der Waals surface area contributed by atoms with Crippen LogP contribution in [0, 0.1) is 0 Å². The van der Waals surface area contributed by atoms with Gasteiger partial charge in [-0.3, -0.25) is 0 Å². The molecule has 1 aromatic heterocycles. The lowest BCUT2D eigenvalue weighted by molar-refractivity contribution is 0.648. The van der Waals surface area contributed by atoms with Gasteiger partial charge in [0.2, 0.25) is 0 Å². The van der Waals surface area contributed by atoms with Crippen LogP contribution in [0.1, 0.15) is 29.7 Å². The zero-order valence-corrected chi connectivity index (χ0v) is 13.2. The maximum Gasteiger partial charge on any atom is 0.0833 e. The SMILES string of the molecule is CC(Cc1cn(Cc2ccccc2)nn1)c1ccccc1Cl. The third kappa shape index (κ3) is 3.55. The normalized spacial score (nSPS) is 12.3. The zero-order valence-electron chi connectivity index (χ0n) is 12.5. The first-order valence-corrected chi connectivity index (χ1v) is 7.77. The molecule has 0 aliphatic rings. The predicted octanol–water partition coefficient (Wildman–Crippen LogP) is 4.33. The first-order chi connectivity index (χ1) is 10.7. The first kappa shape index (κ1) is 14.8. The quantitative estimate of drug-likeness (QED) is 0.702. The van der Waals surface area contributed by atoms with Crippen LogP contribution >= 0.6 is 11.6 Å². The monoisotopic (exact) mass is 311 g/mol. The van der Waals surface area contributed by atoms with Crippen molar-refractivity contribution in [2.45, 2.75) is 25.8 Å². The number of benzene rings is 2. The highest BCUT2D eigenvalue weighted by Crippen LogP contribution is 2.26. The van der Waals surface area contributed by atoms with Crippen LogP contribution in [-0.2, 0) is 13.0 Å². The molecule has 3 rings (SSSR count). The van der Waals surface area contributed by atoms with Crippen molar-refractivity contribution in [3.8, 4) is 0 Å². The van der Waals surface area contributed by atoms with Gasteiger partial charge >= 0.3 is 0 Å². The Bertz CT molecular complexity index is 737. The molecule has 0 saturated heterocycles. The molecule has 2 aromatic carbocycles. The molecule has 0 aliphatic carbocycles. The second-order valence-electron chi connectivity index (χ2n) is 5.52. The fraction of sp³-hybridized carbons (Fsp3) is 0.222. The van der Waals surface area contributed by atoms with Crippen LogP contribution in [0.5, 0.6) is 0 Å². The fourth-order valence-electron chi connectivity index (χ4n) is 2.58. The van der Waals surface area contributed by atoms with Crippen molar-refractivity contribution >= 4 is 11.6 Å². The van der Waals surface area contributed by atoms with E-state index in [1.54, 1.807) is 0 Å². The summed E-state index contributed by atoms with van der Waals surface area (Å²) in [6.45, 7) is 2.91. The number of aromatic nitrogens is 3. The molecule has 112 valence electrons. The van der Waals surface area contributed by atoms with Crippen LogP contribution in [0.3, 0.4) is 0 Å². The van der Waals surface area contributed by atoms with Crippen molar-refractivity contribution in [3.05, 3.63) is 82.6 Å². The highest BCUT2D eigenvalue weighted by Gasteiger charge is 2.12. The summed E-state index contributed by atoms with van der Waals surface area (Å²) in [6, 6.07) is 18.2. The van der Waals surface area contributed by atoms with E-state index in [0.29, 0.717) is 5.92 Å². The summed E-state index contributed by atoms with van der Waals surface area (Å²) in [7, 11) is 0. The summed E-state index contributed by atoms with van der Waals surface area (Å²) in [5, 5.41) is 9.30. The Kier molecular flexibility index (Phi) is 4.54. The largest absolute Gasteiger partial charge is 0.248 e. The minimum Gasteiger partial charge on any atom is -0.248 e. The number of hydrogen-bond acceptors (Lipinski definition) is 2. The summed E-state index contributed by atoms with van der Waals surface area (Å²) in [6.07, 6.45) is 2.85. The van der Waals surface area contributed by atoms with Crippen LogP contribution in [0.15, 0.2) is 60.8 Å². The lowest BCUT2D eigenvalue weighted by Gasteiger charge is -2.11. The van der Waals surface area contributed by atoms with Crippen LogP contribution in [0.25, 0.3) is 0 Å². The summed E-state index contributed by atoms with van der Waals surface area (Å²) in [5.74, 6) is 0.315. The molecular formula is C18H18ClN3. The third-order valence-electron chi connectivity index (χ3n) is 3.72. The number of halogens is 1. The van der Waals surface area contributed by atoms with E-state index in [4.69, 9.17) is 11.6 Å². The van der Waals surface area contributed by atoms with Gasteiger partial charge in [-0.15, -0.1) is 5.10 Å². The lowest BCUT2D eigenvalue weighted by atomic mass is 9.96. The van der Waals surface area contributed by atoms with Crippen LogP contribution in [0.4, 0.5) is 0 Å². The van der Waals surface area contributed by atoms with Crippen LogP contribution < -0.4 is 0 Å². The second-order valence-corrected chi connectivity index (χ2v) is 5.93. The number of rotatable bonds is 5. The van der Waals surface area contributed by atoms with E-state index in [0.717, 1.165) is 29.2 Å². The van der Waals surface area contributed by atoms with Gasteiger partial charge < -0.3 is 0 Å². The van der Waals surface area contributed by atoms with Gasteiger partial charge in [0.05, 0.1) is 12.2 Å². The standard InChI is InChI=1S/C18H18ClN3/c1-14(17-9-5-6-10-18(17)19)11-16-13-22(21-20-16)12-15-7-3-2-4-8-15/h2-10,13-14H,11-12H2,1H3. The van der Waals surface area contributed by atoms with Gasteiger partial charge in [0, 0.05) is 11.2 Å². The van der Waals surface area contributed by atoms with Gasteiger partial charge in [-0.25, -0.2) is 4.68 Å². The van der Waals surface area contributed by atoms with Gasteiger partial charge in [0.15, 0.2) is 0 Å². The van der Waals surface area contributed by atoms with E-state index < -0.39 is 0 Å². The minimum atomic E-state index is 0.315. The Morgan fingerprint density at radius 2 is 1.77 bits per heavy atom. The summed E-state index contributed by atoms with van der Waals surface area (Å²) < 4.78 is 1.88.